The van der Waals surface area contributed by atoms with E-state index in [0.29, 0.717) is 30.0 Å². The lowest BCUT2D eigenvalue weighted by atomic mass is 9.99. The third kappa shape index (κ3) is 5.75. The Bertz CT molecular complexity index is 1050. The molecule has 3 rings (SSSR count). The summed E-state index contributed by atoms with van der Waals surface area (Å²) in [5.41, 5.74) is 3.66. The molecule has 0 fully saturated rings. The molecule has 1 aliphatic rings. The third-order valence-corrected chi connectivity index (χ3v) is 5.63. The maximum atomic E-state index is 12.8. The van der Waals surface area contributed by atoms with E-state index in [1.54, 1.807) is 21.9 Å². The molecule has 34 heavy (non-hydrogen) atoms. The Hall–Kier alpha value is -3.39. The van der Waals surface area contributed by atoms with Crippen LogP contribution in [0.4, 0.5) is 16.2 Å². The highest BCUT2D eigenvalue weighted by Gasteiger charge is 2.34. The van der Waals surface area contributed by atoms with Crippen LogP contribution in [0, 0.1) is 0 Å². The van der Waals surface area contributed by atoms with Gasteiger partial charge in [0.25, 0.3) is 5.91 Å². The predicted octanol–water partition coefficient (Wildman–Crippen LogP) is 3.75. The van der Waals surface area contributed by atoms with Gasteiger partial charge in [0.15, 0.2) is 0 Å². The summed E-state index contributed by atoms with van der Waals surface area (Å²) in [6.07, 6.45) is -0.690. The summed E-state index contributed by atoms with van der Waals surface area (Å²) in [5.74, 6) is -0.199. The molecule has 1 heterocycles. The van der Waals surface area contributed by atoms with E-state index < -0.39 is 6.09 Å². The first-order valence-corrected chi connectivity index (χ1v) is 11.5. The Balaban J connectivity index is 1.90. The summed E-state index contributed by atoms with van der Waals surface area (Å²) in [6, 6.07) is 12.8. The molecule has 0 saturated heterocycles. The number of carbonyl (C=O) groups is 3. The maximum Gasteiger partial charge on any atom is 0.414 e. The van der Waals surface area contributed by atoms with E-state index in [1.165, 1.54) is 6.92 Å². The van der Waals surface area contributed by atoms with Crippen LogP contribution >= 0.6 is 0 Å². The molecule has 0 spiro atoms. The minimum Gasteiger partial charge on any atom is -0.446 e. The third-order valence-electron chi connectivity index (χ3n) is 5.63. The molecule has 8 heteroatoms. The lowest BCUT2D eigenvalue weighted by molar-refractivity contribution is -0.117. The zero-order valence-electron chi connectivity index (χ0n) is 20.8. The van der Waals surface area contributed by atoms with E-state index in [1.807, 2.05) is 70.1 Å². The summed E-state index contributed by atoms with van der Waals surface area (Å²) < 4.78 is 5.46. The van der Waals surface area contributed by atoms with Gasteiger partial charge in [0, 0.05) is 32.1 Å². The van der Waals surface area contributed by atoms with Crippen LogP contribution in [0.15, 0.2) is 42.5 Å². The smallest absolute Gasteiger partial charge is 0.414 e. The number of nitrogens with one attached hydrogen (secondary N) is 1. The Morgan fingerprint density at radius 1 is 1.06 bits per heavy atom. The lowest BCUT2D eigenvalue weighted by Crippen LogP contribution is -2.51. The van der Waals surface area contributed by atoms with E-state index >= 15 is 0 Å². The van der Waals surface area contributed by atoms with Gasteiger partial charge in [-0.1, -0.05) is 18.2 Å². The van der Waals surface area contributed by atoms with Crippen LogP contribution in [-0.4, -0.2) is 68.7 Å². The van der Waals surface area contributed by atoms with Crippen molar-refractivity contribution in [1.82, 2.24) is 10.2 Å². The molecule has 0 saturated carbocycles. The molecule has 182 valence electrons. The number of rotatable bonds is 6. The van der Waals surface area contributed by atoms with Crippen molar-refractivity contribution in [2.24, 2.45) is 0 Å². The van der Waals surface area contributed by atoms with Crippen LogP contribution in [0.2, 0.25) is 0 Å². The number of hydrogen-bond acceptors (Lipinski definition) is 5. The Morgan fingerprint density at radius 3 is 2.29 bits per heavy atom. The SMILES string of the molecule is CC(=O)N1c2ccc(-c3ccc(C(=O)NCCN(C)C)cc3)cc2N(C(=O)OC(C)C)C[C@@H]1C. The van der Waals surface area contributed by atoms with E-state index in [4.69, 9.17) is 4.74 Å². The number of carbonyl (C=O) groups excluding carboxylic acids is 3. The van der Waals surface area contributed by atoms with Gasteiger partial charge in [0.05, 0.1) is 23.5 Å². The van der Waals surface area contributed by atoms with E-state index in [0.717, 1.165) is 17.7 Å². The largest absolute Gasteiger partial charge is 0.446 e. The fourth-order valence-corrected chi connectivity index (χ4v) is 4.03. The molecule has 0 aliphatic carbocycles. The quantitative estimate of drug-likeness (QED) is 0.701. The number of fused-ring (bicyclic) bond motifs is 1. The minimum atomic E-state index is -0.437. The molecular weight excluding hydrogens is 432 g/mol. The number of anilines is 2. The van der Waals surface area contributed by atoms with Crippen molar-refractivity contribution in [3.8, 4) is 11.1 Å². The van der Waals surface area contributed by atoms with Gasteiger partial charge in [-0.05, 0) is 70.3 Å². The average molecular weight is 467 g/mol. The van der Waals surface area contributed by atoms with Gasteiger partial charge in [-0.15, -0.1) is 0 Å². The summed E-state index contributed by atoms with van der Waals surface area (Å²) >= 11 is 0. The average Bonchev–Trinajstić information content (AvgIpc) is 2.77. The van der Waals surface area contributed by atoms with Crippen LogP contribution in [0.3, 0.4) is 0 Å². The molecule has 1 aliphatic heterocycles. The molecule has 0 radical (unpaired) electrons. The van der Waals surface area contributed by atoms with Crippen LogP contribution in [0.5, 0.6) is 0 Å². The van der Waals surface area contributed by atoms with Crippen molar-refractivity contribution >= 4 is 29.3 Å². The van der Waals surface area contributed by atoms with Gasteiger partial charge in [0.1, 0.15) is 0 Å². The normalized spacial score (nSPS) is 15.4. The van der Waals surface area contributed by atoms with Crippen molar-refractivity contribution in [2.45, 2.75) is 39.8 Å². The molecule has 8 nitrogen and oxygen atoms in total. The molecule has 0 aromatic heterocycles. The van der Waals surface area contributed by atoms with Gasteiger partial charge >= 0.3 is 6.09 Å². The molecule has 2 aromatic rings. The zero-order chi connectivity index (χ0) is 25.0. The number of likely N-dealkylation sites (N-methyl/N-ethyl adjacent to an activating group) is 1. The highest BCUT2D eigenvalue weighted by Crippen LogP contribution is 2.39. The van der Waals surface area contributed by atoms with Crippen molar-refractivity contribution < 1.29 is 19.1 Å². The van der Waals surface area contributed by atoms with Crippen LogP contribution in [-0.2, 0) is 9.53 Å². The lowest BCUT2D eigenvalue weighted by Gasteiger charge is -2.40. The Kier molecular flexibility index (Phi) is 7.94. The number of ether oxygens (including phenoxy) is 1. The van der Waals surface area contributed by atoms with Gasteiger partial charge in [-0.3, -0.25) is 14.5 Å². The molecule has 1 atom stereocenters. The van der Waals surface area contributed by atoms with E-state index in [9.17, 15) is 14.4 Å². The standard InChI is InChI=1S/C26H34N4O4/c1-17(2)34-26(33)29-16-18(3)30(19(4)31)23-12-11-22(15-24(23)29)20-7-9-21(10-8-20)25(32)27-13-14-28(5)6/h7-12,15,17-18H,13-14,16H2,1-6H3,(H,27,32)/t18-/m0/s1. The monoisotopic (exact) mass is 466 g/mol. The Morgan fingerprint density at radius 2 is 1.71 bits per heavy atom. The van der Waals surface area contributed by atoms with Gasteiger partial charge in [-0.2, -0.15) is 0 Å². The van der Waals surface area contributed by atoms with Gasteiger partial charge in [0.2, 0.25) is 5.91 Å². The molecular formula is C26H34N4O4. The summed E-state index contributed by atoms with van der Waals surface area (Å²) in [5, 5.41) is 2.91. The summed E-state index contributed by atoms with van der Waals surface area (Å²) in [7, 11) is 3.92. The number of benzene rings is 2. The second-order valence-electron chi connectivity index (χ2n) is 9.12. The first-order valence-electron chi connectivity index (χ1n) is 11.5. The fraction of sp³-hybridized carbons (Fsp3) is 0.423. The number of nitrogens with zero attached hydrogens (tertiary/aromatic N) is 3. The number of amides is 3. The second-order valence-corrected chi connectivity index (χ2v) is 9.12. The topological polar surface area (TPSA) is 82.2 Å². The second kappa shape index (κ2) is 10.7. The van der Waals surface area contributed by atoms with E-state index in [2.05, 4.69) is 5.32 Å². The highest BCUT2D eigenvalue weighted by molar-refractivity contribution is 6.03. The first-order chi connectivity index (χ1) is 16.1. The van der Waals surface area contributed by atoms with E-state index in [-0.39, 0.29) is 24.0 Å². The summed E-state index contributed by atoms with van der Waals surface area (Å²) in [4.78, 5) is 42.9. The molecule has 3 amide bonds. The maximum absolute atomic E-state index is 12.8. The van der Waals surface area contributed by atoms with Crippen molar-refractivity contribution in [3.63, 3.8) is 0 Å². The Labute approximate surface area is 201 Å². The van der Waals surface area contributed by atoms with Crippen molar-refractivity contribution in [1.29, 1.82) is 0 Å². The van der Waals surface area contributed by atoms with Crippen molar-refractivity contribution in [2.75, 3.05) is 43.5 Å². The number of hydrogen-bond donors (Lipinski definition) is 1. The highest BCUT2D eigenvalue weighted by atomic mass is 16.6. The van der Waals surface area contributed by atoms with Crippen LogP contribution < -0.4 is 15.1 Å². The molecule has 0 unspecified atom stereocenters. The van der Waals surface area contributed by atoms with Crippen molar-refractivity contribution in [3.05, 3.63) is 48.0 Å². The minimum absolute atomic E-state index is 0.0805. The molecule has 0 bridgehead atoms. The predicted molar refractivity (Wildman–Crippen MR) is 134 cm³/mol. The zero-order valence-corrected chi connectivity index (χ0v) is 20.8. The first kappa shape index (κ1) is 25.2. The van der Waals surface area contributed by atoms with Gasteiger partial charge < -0.3 is 19.9 Å². The molecule has 2 aromatic carbocycles. The summed E-state index contributed by atoms with van der Waals surface area (Å²) in [6.45, 7) is 8.74. The fourth-order valence-electron chi connectivity index (χ4n) is 4.03. The van der Waals surface area contributed by atoms with Crippen LogP contribution in [0.25, 0.3) is 11.1 Å². The van der Waals surface area contributed by atoms with Crippen LogP contribution in [0.1, 0.15) is 38.1 Å². The van der Waals surface area contributed by atoms with Gasteiger partial charge in [-0.25, -0.2) is 4.79 Å². The molecule has 1 N–H and O–H groups in total.